The van der Waals surface area contributed by atoms with Gasteiger partial charge >= 0.3 is 0 Å². The number of rotatable bonds is 28. The van der Waals surface area contributed by atoms with Crippen molar-refractivity contribution < 1.29 is 47.7 Å². The standard InChI is InChI=1S/C56H72ClN11O10S2/c1-36-11-8-16-42(57)49(36)64-53(72)45-33-59-56(80-45)63-46-32-47(61-38(3)60-46)66-19-21-67(22-20-66)48(69)34-77-28-27-75-24-23-74-25-26-76-29-30-78-41-15-9-14-40(31-41)51(70)43-35-79-54(62-43)44-17-10-18-68(44)55(73)50(39-12-6-5-7-13-39)65-52(71)37(2)58-4/h8-9,11,14-16,31-33,35,37,39,44,50,58H,5-7,10,12-13,17-30,34H2,1-4H3,(H,64,72)(H,65,71)(H,59,60,61,63). The van der Waals surface area contributed by atoms with Crippen molar-refractivity contribution in [3.8, 4) is 5.75 Å². The van der Waals surface area contributed by atoms with E-state index < -0.39 is 12.1 Å². The molecule has 3 aliphatic rings. The number of ketones is 1. The lowest BCUT2D eigenvalue weighted by Gasteiger charge is -2.35. The largest absolute Gasteiger partial charge is 0.491 e. The summed E-state index contributed by atoms with van der Waals surface area (Å²) in [6.07, 6.45) is 8.12. The summed E-state index contributed by atoms with van der Waals surface area (Å²) in [5.74, 6) is 1.56. The molecule has 0 bridgehead atoms. The average Bonchev–Trinajstić information content (AvgIpc) is 4.33. The molecule has 1 saturated carbocycles. The first kappa shape index (κ1) is 59.9. The summed E-state index contributed by atoms with van der Waals surface area (Å²) >= 11 is 8.88. The van der Waals surface area contributed by atoms with E-state index >= 15 is 0 Å². The summed E-state index contributed by atoms with van der Waals surface area (Å²) in [5, 5.41) is 15.6. The number of nitrogens with zero attached hydrogens (tertiary/aromatic N) is 7. The molecule has 8 rings (SSSR count). The van der Waals surface area contributed by atoms with E-state index in [4.69, 9.17) is 40.3 Å². The number of hydrogen-bond donors (Lipinski definition) is 4. The van der Waals surface area contributed by atoms with Crippen LogP contribution in [-0.2, 0) is 33.3 Å². The third-order valence-corrected chi connectivity index (χ3v) is 16.4. The molecule has 3 atom stereocenters. The summed E-state index contributed by atoms with van der Waals surface area (Å²) in [6.45, 7) is 10.9. The second kappa shape index (κ2) is 30.0. The van der Waals surface area contributed by atoms with Gasteiger partial charge in [0.15, 0.2) is 5.13 Å². The molecule has 21 nitrogen and oxygen atoms in total. The summed E-state index contributed by atoms with van der Waals surface area (Å²) in [5.41, 5.74) is 2.18. The summed E-state index contributed by atoms with van der Waals surface area (Å²) in [7, 11) is 1.73. The van der Waals surface area contributed by atoms with Crippen molar-refractivity contribution in [2.24, 2.45) is 5.92 Å². The third-order valence-electron chi connectivity index (χ3n) is 14.2. The zero-order valence-corrected chi connectivity index (χ0v) is 48.2. The van der Waals surface area contributed by atoms with Crippen molar-refractivity contribution in [3.63, 3.8) is 0 Å². The van der Waals surface area contributed by atoms with Gasteiger partial charge in [0.1, 0.15) is 58.0 Å². The summed E-state index contributed by atoms with van der Waals surface area (Å²) in [4.78, 5) is 91.1. The highest BCUT2D eigenvalue weighted by molar-refractivity contribution is 7.17. The van der Waals surface area contributed by atoms with Gasteiger partial charge in [-0.05, 0) is 83.2 Å². The first-order valence-corrected chi connectivity index (χ1v) is 29.4. The average molecular weight is 1160 g/mol. The number of thiazole rings is 2. The Morgan fingerprint density at radius 3 is 2.24 bits per heavy atom. The van der Waals surface area contributed by atoms with Gasteiger partial charge < -0.3 is 59.7 Å². The first-order chi connectivity index (χ1) is 38.8. The van der Waals surface area contributed by atoms with Gasteiger partial charge in [0.25, 0.3) is 5.91 Å². The predicted molar refractivity (Wildman–Crippen MR) is 307 cm³/mol. The number of likely N-dealkylation sites (tertiary alicyclic amines) is 1. The lowest BCUT2D eigenvalue weighted by Crippen LogP contribution is -2.55. The topological polar surface area (TPSA) is 241 Å². The fraction of sp³-hybridized carbons (Fsp3) is 0.518. The molecule has 2 aromatic carbocycles. The molecule has 80 heavy (non-hydrogen) atoms. The Kier molecular flexibility index (Phi) is 22.5. The third kappa shape index (κ3) is 16.7. The highest BCUT2D eigenvalue weighted by Gasteiger charge is 2.40. The molecule has 0 spiro atoms. The number of aromatic nitrogens is 4. The molecule has 1 aliphatic carbocycles. The van der Waals surface area contributed by atoms with Gasteiger partial charge in [-0.2, -0.15) is 0 Å². The van der Waals surface area contributed by atoms with Gasteiger partial charge in [0, 0.05) is 49.7 Å². The van der Waals surface area contributed by atoms with Crippen LogP contribution >= 0.6 is 34.3 Å². The number of para-hydroxylation sites is 1. The number of carbonyl (C=O) groups excluding carboxylic acids is 5. The molecular formula is C56H72ClN11O10S2. The van der Waals surface area contributed by atoms with Crippen molar-refractivity contribution in [1.29, 1.82) is 0 Å². The minimum absolute atomic E-state index is 0.0435. The number of piperazine rings is 1. The number of ether oxygens (including phenoxy) is 5. The van der Waals surface area contributed by atoms with Gasteiger partial charge in [0.05, 0.1) is 75.2 Å². The number of aryl methyl sites for hydroxylation is 2. The number of likely N-dealkylation sites (N-methyl/N-ethyl adjacent to an activating group) is 1. The molecule has 4 amide bonds. The van der Waals surface area contributed by atoms with Crippen LogP contribution in [0.1, 0.15) is 100 Å². The SMILES string of the molecule is CNC(C)C(=O)NC(C(=O)N1CCCC1c1nc(C(=O)c2cccc(OCCOCCOCCOCCOCC(=O)N3CCN(c4cc(Nc5ncc(C(=O)Nc6c(C)cccc6Cl)s5)nc(C)n4)CC3)c2)cs1)C1CCCCC1. The number of hydrogen-bond acceptors (Lipinski definition) is 19. The first-order valence-electron chi connectivity index (χ1n) is 27.3. The van der Waals surface area contributed by atoms with E-state index in [1.807, 2.05) is 36.9 Å². The molecule has 3 fully saturated rings. The zero-order chi connectivity index (χ0) is 56.4. The van der Waals surface area contributed by atoms with Crippen molar-refractivity contribution in [2.75, 3.05) is 115 Å². The second-order valence-corrected chi connectivity index (χ2v) is 22.1. The molecule has 2 saturated heterocycles. The van der Waals surface area contributed by atoms with Crippen LogP contribution in [-0.4, -0.2) is 170 Å². The maximum Gasteiger partial charge on any atom is 0.267 e. The van der Waals surface area contributed by atoms with E-state index in [-0.39, 0.29) is 61.2 Å². The summed E-state index contributed by atoms with van der Waals surface area (Å²) < 4.78 is 28.4. The zero-order valence-electron chi connectivity index (χ0n) is 45.8. The Morgan fingerprint density at radius 1 is 0.800 bits per heavy atom. The molecule has 0 radical (unpaired) electrons. The Labute approximate surface area is 479 Å². The van der Waals surface area contributed by atoms with E-state index in [2.05, 4.69) is 41.1 Å². The quantitative estimate of drug-likeness (QED) is 0.0291. The highest BCUT2D eigenvalue weighted by Crippen LogP contribution is 2.37. The molecule has 5 aromatic rings. The Bertz CT molecular complexity index is 2860. The number of nitrogens with one attached hydrogen (secondary N) is 4. The van der Waals surface area contributed by atoms with E-state index in [0.29, 0.717) is 122 Å². The maximum absolute atomic E-state index is 14.2. The Hall–Kier alpha value is -6.18. The van der Waals surface area contributed by atoms with E-state index in [1.165, 1.54) is 28.9 Å². The number of benzene rings is 2. The molecule has 5 heterocycles. The fourth-order valence-corrected chi connectivity index (χ4v) is 11.7. The minimum atomic E-state index is -0.589. The van der Waals surface area contributed by atoms with Crippen LogP contribution in [0, 0.1) is 19.8 Å². The molecule has 430 valence electrons. The number of carbonyl (C=O) groups is 5. The van der Waals surface area contributed by atoms with Gasteiger partial charge in [-0.25, -0.2) is 19.9 Å². The molecule has 24 heteroatoms. The number of halogens is 1. The van der Waals surface area contributed by atoms with Crippen LogP contribution in [0.25, 0.3) is 0 Å². The van der Waals surface area contributed by atoms with E-state index in [1.54, 1.807) is 54.6 Å². The normalized spacial score (nSPS) is 16.6. The number of amides is 4. The van der Waals surface area contributed by atoms with Crippen LogP contribution < -0.4 is 30.9 Å². The lowest BCUT2D eigenvalue weighted by atomic mass is 9.83. The Balaban J connectivity index is 0.654. The molecule has 4 N–H and O–H groups in total. The molecule has 3 aromatic heterocycles. The molecule has 3 unspecified atom stereocenters. The van der Waals surface area contributed by atoms with Crippen LogP contribution in [0.4, 0.5) is 22.5 Å². The van der Waals surface area contributed by atoms with Crippen LogP contribution in [0.2, 0.25) is 5.02 Å². The second-order valence-electron chi connectivity index (χ2n) is 19.8. The smallest absolute Gasteiger partial charge is 0.267 e. The van der Waals surface area contributed by atoms with Gasteiger partial charge in [-0.1, -0.05) is 66.5 Å². The van der Waals surface area contributed by atoms with Crippen LogP contribution in [0.3, 0.4) is 0 Å². The van der Waals surface area contributed by atoms with Crippen molar-refractivity contribution in [3.05, 3.63) is 97.7 Å². The van der Waals surface area contributed by atoms with Crippen LogP contribution in [0.5, 0.6) is 5.75 Å². The number of anilines is 4. The minimum Gasteiger partial charge on any atom is -0.491 e. The monoisotopic (exact) mass is 1160 g/mol. The van der Waals surface area contributed by atoms with E-state index in [0.717, 1.165) is 61.3 Å². The highest BCUT2D eigenvalue weighted by atomic mass is 35.5. The van der Waals surface area contributed by atoms with Gasteiger partial charge in [-0.3, -0.25) is 24.0 Å². The summed E-state index contributed by atoms with van der Waals surface area (Å²) in [6, 6.07) is 13.0. The van der Waals surface area contributed by atoms with Gasteiger partial charge in [-0.15, -0.1) is 11.3 Å². The van der Waals surface area contributed by atoms with Crippen LogP contribution in [0.15, 0.2) is 60.1 Å². The van der Waals surface area contributed by atoms with Gasteiger partial charge in [0.2, 0.25) is 23.5 Å². The molecule has 2 aliphatic heterocycles. The fourth-order valence-electron chi connectivity index (χ4n) is 9.75. The van der Waals surface area contributed by atoms with Crippen molar-refractivity contribution >= 4 is 86.1 Å². The van der Waals surface area contributed by atoms with Crippen molar-refractivity contribution in [1.82, 2.24) is 40.4 Å². The molecular weight excluding hydrogens is 1090 g/mol. The van der Waals surface area contributed by atoms with E-state index in [9.17, 15) is 24.0 Å². The predicted octanol–water partition coefficient (Wildman–Crippen LogP) is 7.02. The lowest BCUT2D eigenvalue weighted by molar-refractivity contribution is -0.139. The maximum atomic E-state index is 14.2. The van der Waals surface area contributed by atoms with Crippen molar-refractivity contribution in [2.45, 2.75) is 83.8 Å². The Morgan fingerprint density at radius 2 is 1.51 bits per heavy atom.